The number of nitrogens with zero attached hydrogens (tertiary/aromatic N) is 3. The van der Waals surface area contributed by atoms with Gasteiger partial charge in [-0.2, -0.15) is 0 Å². The van der Waals surface area contributed by atoms with Crippen molar-refractivity contribution in [3.63, 3.8) is 0 Å². The minimum absolute atomic E-state index is 0.0240. The lowest BCUT2D eigenvalue weighted by Crippen LogP contribution is -2.60. The highest BCUT2D eigenvalue weighted by Gasteiger charge is 2.47. The van der Waals surface area contributed by atoms with E-state index in [2.05, 4.69) is 26.6 Å². The molecule has 1 N–H and O–H groups in total. The second kappa shape index (κ2) is 7.45. The molecule has 0 bridgehead atoms. The number of rotatable bonds is 3. The number of piperazine rings is 1. The molecule has 0 radical (unpaired) electrons. The molecule has 1 aliphatic carbocycles. The Kier molecular flexibility index (Phi) is 4.92. The van der Waals surface area contributed by atoms with Crippen LogP contribution in [0.2, 0.25) is 0 Å². The van der Waals surface area contributed by atoms with Crippen LogP contribution < -0.4 is 5.32 Å². The Morgan fingerprint density at radius 3 is 2.76 bits per heavy atom. The van der Waals surface area contributed by atoms with Gasteiger partial charge in [-0.3, -0.25) is 19.4 Å². The Labute approximate surface area is 175 Å². The average Bonchev–Trinajstić information content (AvgIpc) is 3.34. The number of nitrogens with one attached hydrogen (secondary N) is 1. The SMILES string of the molecule is CC(N1CCNC(c2csc3ncccc23)C1)N1C(=O)CC2(CCCC2)CC1=O. The maximum atomic E-state index is 13.0. The molecule has 5 rings (SSSR count). The van der Waals surface area contributed by atoms with Crippen molar-refractivity contribution in [1.29, 1.82) is 0 Å². The van der Waals surface area contributed by atoms with E-state index in [4.69, 9.17) is 0 Å². The molecule has 154 valence electrons. The molecule has 2 unspecified atom stereocenters. The molecule has 0 aromatic carbocycles. The molecular formula is C22H28N4O2S. The predicted molar refractivity (Wildman–Crippen MR) is 113 cm³/mol. The summed E-state index contributed by atoms with van der Waals surface area (Å²) in [7, 11) is 0. The highest BCUT2D eigenvalue weighted by atomic mass is 32.1. The van der Waals surface area contributed by atoms with Crippen molar-refractivity contribution in [2.24, 2.45) is 5.41 Å². The van der Waals surface area contributed by atoms with Gasteiger partial charge in [-0.15, -0.1) is 11.3 Å². The van der Waals surface area contributed by atoms with Crippen molar-refractivity contribution in [3.8, 4) is 0 Å². The van der Waals surface area contributed by atoms with Crippen LogP contribution in [0.5, 0.6) is 0 Å². The smallest absolute Gasteiger partial charge is 0.231 e. The van der Waals surface area contributed by atoms with E-state index >= 15 is 0 Å². The molecule has 1 spiro atoms. The normalized spacial score (nSPS) is 26.5. The number of carbonyl (C=O) groups is 2. The van der Waals surface area contributed by atoms with E-state index < -0.39 is 0 Å². The van der Waals surface area contributed by atoms with Gasteiger partial charge in [0, 0.05) is 50.1 Å². The molecule has 2 aromatic heterocycles. The quantitative estimate of drug-likeness (QED) is 0.784. The Hall–Kier alpha value is -1.83. The van der Waals surface area contributed by atoms with Crippen molar-refractivity contribution in [3.05, 3.63) is 29.3 Å². The lowest BCUT2D eigenvalue weighted by Gasteiger charge is -2.45. The number of fused-ring (bicyclic) bond motifs is 1. The van der Waals surface area contributed by atoms with E-state index in [1.165, 1.54) is 10.9 Å². The third kappa shape index (κ3) is 3.39. The molecule has 3 fully saturated rings. The maximum absolute atomic E-state index is 13.0. The zero-order chi connectivity index (χ0) is 20.0. The molecular weight excluding hydrogens is 384 g/mol. The molecule has 29 heavy (non-hydrogen) atoms. The van der Waals surface area contributed by atoms with E-state index in [9.17, 15) is 9.59 Å². The van der Waals surface area contributed by atoms with Gasteiger partial charge in [0.15, 0.2) is 0 Å². The number of piperidine rings is 1. The zero-order valence-electron chi connectivity index (χ0n) is 16.9. The first-order chi connectivity index (χ1) is 14.1. The number of imide groups is 1. The van der Waals surface area contributed by atoms with Crippen LogP contribution in [-0.4, -0.2) is 52.4 Å². The summed E-state index contributed by atoms with van der Waals surface area (Å²) in [5, 5.41) is 6.99. The minimum atomic E-state index is -0.193. The van der Waals surface area contributed by atoms with Gasteiger partial charge in [-0.05, 0) is 42.2 Å². The summed E-state index contributed by atoms with van der Waals surface area (Å²) < 4.78 is 0. The van der Waals surface area contributed by atoms with Crippen molar-refractivity contribution < 1.29 is 9.59 Å². The van der Waals surface area contributed by atoms with Gasteiger partial charge in [0.05, 0.1) is 6.17 Å². The average molecular weight is 413 g/mol. The molecule has 7 heteroatoms. The molecule has 4 heterocycles. The summed E-state index contributed by atoms with van der Waals surface area (Å²) in [6.45, 7) is 4.47. The first-order valence-electron chi connectivity index (χ1n) is 10.7. The van der Waals surface area contributed by atoms with Crippen LogP contribution in [0.4, 0.5) is 0 Å². The van der Waals surface area contributed by atoms with Gasteiger partial charge in [0.1, 0.15) is 4.83 Å². The van der Waals surface area contributed by atoms with E-state index in [-0.39, 0.29) is 29.4 Å². The summed E-state index contributed by atoms with van der Waals surface area (Å²) >= 11 is 1.67. The molecule has 6 nitrogen and oxygen atoms in total. The summed E-state index contributed by atoms with van der Waals surface area (Å²) in [6.07, 6.45) is 7.08. The summed E-state index contributed by atoms with van der Waals surface area (Å²) in [5.41, 5.74) is 1.22. The second-order valence-corrected chi connectivity index (χ2v) is 9.76. The summed E-state index contributed by atoms with van der Waals surface area (Å²) in [4.78, 5) is 35.3. The van der Waals surface area contributed by atoms with Gasteiger partial charge < -0.3 is 5.32 Å². The number of likely N-dealkylation sites (tertiary alicyclic amines) is 1. The molecule has 2 aliphatic heterocycles. The third-order valence-electron chi connectivity index (χ3n) is 7.12. The van der Waals surface area contributed by atoms with Crippen molar-refractivity contribution in [1.82, 2.24) is 20.1 Å². The molecule has 3 aliphatic rings. The maximum Gasteiger partial charge on any atom is 0.231 e. The van der Waals surface area contributed by atoms with Crippen LogP contribution in [0.15, 0.2) is 23.7 Å². The number of hydrogen-bond donors (Lipinski definition) is 1. The minimum Gasteiger partial charge on any atom is -0.308 e. The van der Waals surface area contributed by atoms with Crippen molar-refractivity contribution in [2.45, 2.75) is 57.7 Å². The number of aromatic nitrogens is 1. The number of carbonyl (C=O) groups excluding carboxylic acids is 2. The first kappa shape index (κ1) is 19.2. The second-order valence-electron chi connectivity index (χ2n) is 8.90. The van der Waals surface area contributed by atoms with Crippen LogP contribution >= 0.6 is 11.3 Å². The van der Waals surface area contributed by atoms with Gasteiger partial charge in [0.2, 0.25) is 11.8 Å². The first-order valence-corrected chi connectivity index (χ1v) is 11.6. The van der Waals surface area contributed by atoms with Gasteiger partial charge in [-0.1, -0.05) is 18.9 Å². The van der Waals surface area contributed by atoms with Crippen LogP contribution in [0.1, 0.15) is 57.1 Å². The largest absolute Gasteiger partial charge is 0.308 e. The fourth-order valence-electron chi connectivity index (χ4n) is 5.55. The number of thiophene rings is 1. The van der Waals surface area contributed by atoms with E-state index in [1.807, 2.05) is 19.2 Å². The van der Waals surface area contributed by atoms with E-state index in [0.29, 0.717) is 12.8 Å². The number of amides is 2. The van der Waals surface area contributed by atoms with E-state index in [0.717, 1.165) is 50.1 Å². The fourth-order valence-corrected chi connectivity index (χ4v) is 6.51. The van der Waals surface area contributed by atoms with Crippen LogP contribution in [0, 0.1) is 5.41 Å². The van der Waals surface area contributed by atoms with Gasteiger partial charge in [-0.25, -0.2) is 4.98 Å². The Balaban J connectivity index is 1.33. The molecule has 2 saturated heterocycles. The zero-order valence-corrected chi connectivity index (χ0v) is 17.7. The summed E-state index contributed by atoms with van der Waals surface area (Å²) in [5.74, 6) is 0.0480. The molecule has 2 amide bonds. The highest BCUT2D eigenvalue weighted by molar-refractivity contribution is 7.16. The van der Waals surface area contributed by atoms with Crippen LogP contribution in [0.25, 0.3) is 10.2 Å². The molecule has 1 saturated carbocycles. The lowest BCUT2D eigenvalue weighted by atomic mass is 9.76. The number of pyridine rings is 1. The molecule has 2 atom stereocenters. The Bertz CT molecular complexity index is 916. The van der Waals surface area contributed by atoms with Crippen molar-refractivity contribution in [2.75, 3.05) is 19.6 Å². The van der Waals surface area contributed by atoms with Crippen molar-refractivity contribution >= 4 is 33.4 Å². The third-order valence-corrected chi connectivity index (χ3v) is 8.04. The fraction of sp³-hybridized carbons (Fsp3) is 0.591. The van der Waals surface area contributed by atoms with Crippen LogP contribution in [0.3, 0.4) is 0 Å². The Morgan fingerprint density at radius 1 is 1.24 bits per heavy atom. The topological polar surface area (TPSA) is 65.5 Å². The van der Waals surface area contributed by atoms with Crippen LogP contribution in [-0.2, 0) is 9.59 Å². The predicted octanol–water partition coefficient (Wildman–Crippen LogP) is 3.30. The standard InChI is InChI=1S/C22H28N4O2S/c1-15(26-19(27)11-22(12-20(26)28)6-2-3-7-22)25-10-9-23-18(13-25)17-14-29-21-16(17)5-4-8-24-21/h4-5,8,14-15,18,23H,2-3,6-7,9-13H2,1H3. The lowest BCUT2D eigenvalue weighted by molar-refractivity contribution is -0.161. The Morgan fingerprint density at radius 2 is 2.00 bits per heavy atom. The highest BCUT2D eigenvalue weighted by Crippen LogP contribution is 2.47. The van der Waals surface area contributed by atoms with Gasteiger partial charge in [0.25, 0.3) is 0 Å². The summed E-state index contributed by atoms with van der Waals surface area (Å²) in [6, 6.07) is 4.28. The monoisotopic (exact) mass is 412 g/mol. The van der Waals surface area contributed by atoms with Gasteiger partial charge >= 0.3 is 0 Å². The molecule has 2 aromatic rings. The number of hydrogen-bond acceptors (Lipinski definition) is 6. The van der Waals surface area contributed by atoms with E-state index in [1.54, 1.807) is 16.2 Å².